The second-order valence-electron chi connectivity index (χ2n) is 4.92. The Morgan fingerprint density at radius 1 is 0.667 bits per heavy atom. The Bertz CT molecular complexity index is 859. The van der Waals surface area contributed by atoms with E-state index in [9.17, 15) is 9.59 Å². The number of rotatable bonds is 1. The van der Waals surface area contributed by atoms with Crippen molar-refractivity contribution in [2.45, 2.75) is 0 Å². The SMILES string of the molecule is O=C1C(=O)c2c(-c3ccccc3)coc2-c2ccccc21. The number of furan rings is 1. The third kappa shape index (κ3) is 1.61. The summed E-state index contributed by atoms with van der Waals surface area (Å²) in [7, 11) is 0. The van der Waals surface area contributed by atoms with E-state index in [1.165, 1.54) is 0 Å². The van der Waals surface area contributed by atoms with Crippen LogP contribution in [-0.2, 0) is 0 Å². The molecule has 3 heteroatoms. The third-order valence-electron chi connectivity index (χ3n) is 3.73. The van der Waals surface area contributed by atoms with Crippen LogP contribution in [0.25, 0.3) is 22.5 Å². The predicted molar refractivity (Wildman–Crippen MR) is 78.2 cm³/mol. The van der Waals surface area contributed by atoms with Gasteiger partial charge in [-0.1, -0.05) is 54.6 Å². The van der Waals surface area contributed by atoms with Gasteiger partial charge in [0, 0.05) is 16.7 Å². The highest BCUT2D eigenvalue weighted by atomic mass is 16.3. The summed E-state index contributed by atoms with van der Waals surface area (Å²) in [6, 6.07) is 16.5. The van der Waals surface area contributed by atoms with Gasteiger partial charge in [-0.05, 0) is 5.56 Å². The highest BCUT2D eigenvalue weighted by molar-refractivity contribution is 6.53. The molecule has 0 saturated heterocycles. The molecule has 0 unspecified atom stereocenters. The van der Waals surface area contributed by atoms with Crippen LogP contribution in [0.15, 0.2) is 65.3 Å². The van der Waals surface area contributed by atoms with Crippen molar-refractivity contribution in [2.24, 2.45) is 0 Å². The maximum atomic E-state index is 12.4. The lowest BCUT2D eigenvalue weighted by Crippen LogP contribution is -2.20. The smallest absolute Gasteiger partial charge is 0.238 e. The summed E-state index contributed by atoms with van der Waals surface area (Å²) in [6.45, 7) is 0. The lowest BCUT2D eigenvalue weighted by molar-refractivity contribution is 0.0815. The topological polar surface area (TPSA) is 47.3 Å². The summed E-state index contributed by atoms with van der Waals surface area (Å²) in [6.07, 6.45) is 1.55. The Balaban J connectivity index is 2.02. The molecule has 1 heterocycles. The zero-order chi connectivity index (χ0) is 14.4. The van der Waals surface area contributed by atoms with Gasteiger partial charge in [-0.25, -0.2) is 0 Å². The minimum Gasteiger partial charge on any atom is -0.463 e. The Kier molecular flexibility index (Phi) is 2.42. The number of carbonyl (C=O) groups is 2. The van der Waals surface area contributed by atoms with Gasteiger partial charge in [0.15, 0.2) is 0 Å². The molecule has 0 saturated carbocycles. The molecule has 0 radical (unpaired) electrons. The molecule has 0 amide bonds. The van der Waals surface area contributed by atoms with E-state index in [-0.39, 0.29) is 0 Å². The van der Waals surface area contributed by atoms with Gasteiger partial charge in [-0.3, -0.25) is 9.59 Å². The van der Waals surface area contributed by atoms with Crippen molar-refractivity contribution in [3.05, 3.63) is 72.0 Å². The van der Waals surface area contributed by atoms with E-state index in [2.05, 4.69) is 0 Å². The van der Waals surface area contributed by atoms with Crippen LogP contribution >= 0.6 is 0 Å². The van der Waals surface area contributed by atoms with Crippen LogP contribution in [0.4, 0.5) is 0 Å². The minimum atomic E-state index is -0.503. The highest BCUT2D eigenvalue weighted by Gasteiger charge is 2.35. The van der Waals surface area contributed by atoms with Crippen LogP contribution in [0, 0.1) is 0 Å². The van der Waals surface area contributed by atoms with Crippen LogP contribution in [-0.4, -0.2) is 11.6 Å². The highest BCUT2D eigenvalue weighted by Crippen LogP contribution is 2.40. The molecule has 1 aliphatic carbocycles. The van der Waals surface area contributed by atoms with E-state index >= 15 is 0 Å². The second kappa shape index (κ2) is 4.28. The Hall–Kier alpha value is -2.94. The number of ketones is 2. The van der Waals surface area contributed by atoms with Crippen LogP contribution in [0.5, 0.6) is 0 Å². The summed E-state index contributed by atoms with van der Waals surface area (Å²) < 4.78 is 5.61. The molecule has 0 aliphatic heterocycles. The van der Waals surface area contributed by atoms with E-state index in [1.807, 2.05) is 36.4 Å². The predicted octanol–water partition coefficient (Wildman–Crippen LogP) is 3.99. The van der Waals surface area contributed by atoms with Gasteiger partial charge in [0.05, 0.1) is 11.8 Å². The van der Waals surface area contributed by atoms with E-state index in [0.29, 0.717) is 28.0 Å². The van der Waals surface area contributed by atoms with Gasteiger partial charge in [-0.2, -0.15) is 0 Å². The number of Topliss-reactive ketones (excluding diaryl/α,β-unsaturated/α-hetero) is 2. The van der Waals surface area contributed by atoms with Crippen molar-refractivity contribution >= 4 is 11.6 Å². The van der Waals surface area contributed by atoms with Gasteiger partial charge in [0.25, 0.3) is 0 Å². The normalized spacial score (nSPS) is 13.0. The lowest BCUT2D eigenvalue weighted by atomic mass is 9.86. The zero-order valence-corrected chi connectivity index (χ0v) is 11.0. The number of carbonyl (C=O) groups excluding carboxylic acids is 2. The fourth-order valence-corrected chi connectivity index (χ4v) is 2.73. The maximum absolute atomic E-state index is 12.4. The van der Waals surface area contributed by atoms with Gasteiger partial charge in [0.2, 0.25) is 11.6 Å². The van der Waals surface area contributed by atoms with Crippen molar-refractivity contribution in [2.75, 3.05) is 0 Å². The summed E-state index contributed by atoms with van der Waals surface area (Å²) in [5.74, 6) is -0.498. The van der Waals surface area contributed by atoms with Crippen LogP contribution in [0.1, 0.15) is 20.7 Å². The minimum absolute atomic E-state index is 0.366. The fraction of sp³-hybridized carbons (Fsp3) is 0. The molecule has 0 atom stereocenters. The molecule has 2 aromatic carbocycles. The Morgan fingerprint density at radius 2 is 1.33 bits per heavy atom. The van der Waals surface area contributed by atoms with Gasteiger partial charge in [0.1, 0.15) is 5.76 Å². The van der Waals surface area contributed by atoms with E-state index in [4.69, 9.17) is 4.42 Å². The van der Waals surface area contributed by atoms with E-state index < -0.39 is 11.6 Å². The molecule has 0 spiro atoms. The Morgan fingerprint density at radius 3 is 2.10 bits per heavy atom. The van der Waals surface area contributed by atoms with Crippen LogP contribution in [0.2, 0.25) is 0 Å². The average Bonchev–Trinajstić information content (AvgIpc) is 2.99. The van der Waals surface area contributed by atoms with Crippen molar-refractivity contribution in [3.63, 3.8) is 0 Å². The largest absolute Gasteiger partial charge is 0.463 e. The molecule has 0 N–H and O–H groups in total. The molecule has 1 aromatic heterocycles. The first-order valence-corrected chi connectivity index (χ1v) is 6.62. The first-order chi connectivity index (χ1) is 10.3. The maximum Gasteiger partial charge on any atom is 0.238 e. The number of benzene rings is 2. The summed E-state index contributed by atoms with van der Waals surface area (Å²) in [5, 5.41) is 0. The molecular formula is C18H10O3. The van der Waals surface area contributed by atoms with E-state index in [1.54, 1.807) is 24.5 Å². The lowest BCUT2D eigenvalue weighted by Gasteiger charge is -2.13. The molecule has 100 valence electrons. The zero-order valence-electron chi connectivity index (χ0n) is 11.0. The van der Waals surface area contributed by atoms with E-state index in [0.717, 1.165) is 5.56 Å². The molecular weight excluding hydrogens is 264 g/mol. The van der Waals surface area contributed by atoms with Gasteiger partial charge >= 0.3 is 0 Å². The summed E-state index contributed by atoms with van der Waals surface area (Å²) >= 11 is 0. The molecule has 3 aromatic rings. The van der Waals surface area contributed by atoms with Gasteiger partial charge < -0.3 is 4.42 Å². The molecule has 3 nitrogen and oxygen atoms in total. The van der Waals surface area contributed by atoms with Gasteiger partial charge in [-0.15, -0.1) is 0 Å². The summed E-state index contributed by atoms with van der Waals surface area (Å²) in [5.41, 5.74) is 2.98. The average molecular weight is 274 g/mol. The molecule has 0 fully saturated rings. The standard InChI is InChI=1S/C18H10O3/c19-16-12-8-4-5-9-13(12)18-15(17(16)20)14(10-21-18)11-6-2-1-3-7-11/h1-10H. The van der Waals surface area contributed by atoms with Crippen LogP contribution in [0.3, 0.4) is 0 Å². The quantitative estimate of drug-likeness (QED) is 0.630. The van der Waals surface area contributed by atoms with Crippen molar-refractivity contribution in [1.29, 1.82) is 0 Å². The molecule has 4 rings (SSSR count). The summed E-state index contributed by atoms with van der Waals surface area (Å²) in [4.78, 5) is 24.7. The van der Waals surface area contributed by atoms with Crippen LogP contribution < -0.4 is 0 Å². The number of hydrogen-bond acceptors (Lipinski definition) is 3. The molecule has 1 aliphatic rings. The molecule has 0 bridgehead atoms. The first kappa shape index (κ1) is 11.9. The monoisotopic (exact) mass is 274 g/mol. The first-order valence-electron chi connectivity index (χ1n) is 6.62. The Labute approximate surface area is 120 Å². The third-order valence-corrected chi connectivity index (χ3v) is 3.73. The second-order valence-corrected chi connectivity index (χ2v) is 4.92. The number of fused-ring (bicyclic) bond motifs is 3. The molecule has 21 heavy (non-hydrogen) atoms. The number of hydrogen-bond donors (Lipinski definition) is 0. The van der Waals surface area contributed by atoms with Crippen molar-refractivity contribution in [3.8, 4) is 22.5 Å². The fourth-order valence-electron chi connectivity index (χ4n) is 2.73. The van der Waals surface area contributed by atoms with Crippen molar-refractivity contribution in [1.82, 2.24) is 0 Å². The van der Waals surface area contributed by atoms with Crippen molar-refractivity contribution < 1.29 is 14.0 Å².